The Bertz CT molecular complexity index is 551. The van der Waals surface area contributed by atoms with Crippen molar-refractivity contribution >= 4 is 11.0 Å². The number of hydrogen-bond donors (Lipinski definition) is 2. The Kier molecular flexibility index (Phi) is 1.38. The van der Waals surface area contributed by atoms with Crippen molar-refractivity contribution in [3.05, 3.63) is 30.7 Å². The summed E-state index contributed by atoms with van der Waals surface area (Å²) in [5, 5.41) is 10.5. The molecule has 0 spiro atoms. The van der Waals surface area contributed by atoms with Crippen LogP contribution in [0.5, 0.6) is 0 Å². The average molecular weight is 185 g/mol. The van der Waals surface area contributed by atoms with E-state index in [0.29, 0.717) is 0 Å². The maximum absolute atomic E-state index is 3.97. The molecule has 14 heavy (non-hydrogen) atoms. The quantitative estimate of drug-likeness (QED) is 0.601. The number of H-pyrrole nitrogens is 2. The van der Waals surface area contributed by atoms with Gasteiger partial charge in [0.1, 0.15) is 5.52 Å². The van der Waals surface area contributed by atoms with E-state index >= 15 is 0 Å². The van der Waals surface area contributed by atoms with Gasteiger partial charge >= 0.3 is 0 Å². The zero-order chi connectivity index (χ0) is 9.38. The van der Waals surface area contributed by atoms with Crippen LogP contribution in [0.3, 0.4) is 0 Å². The summed E-state index contributed by atoms with van der Waals surface area (Å²) >= 11 is 0. The molecule has 68 valence electrons. The number of nitrogens with zero attached hydrogens (tertiary/aromatic N) is 3. The van der Waals surface area contributed by atoms with Gasteiger partial charge in [-0.25, -0.2) is 4.98 Å². The molecule has 0 aliphatic rings. The van der Waals surface area contributed by atoms with Gasteiger partial charge in [0.25, 0.3) is 0 Å². The minimum Gasteiger partial charge on any atom is -0.345 e. The highest BCUT2D eigenvalue weighted by Crippen LogP contribution is 2.19. The molecule has 0 atom stereocenters. The molecular weight excluding hydrogens is 178 g/mol. The van der Waals surface area contributed by atoms with Gasteiger partial charge in [0.2, 0.25) is 0 Å². The summed E-state index contributed by atoms with van der Waals surface area (Å²) in [4.78, 5) is 7.01. The van der Waals surface area contributed by atoms with Crippen LogP contribution in [0.1, 0.15) is 0 Å². The van der Waals surface area contributed by atoms with Gasteiger partial charge < -0.3 is 4.98 Å². The summed E-state index contributed by atoms with van der Waals surface area (Å²) in [5.74, 6) is 0. The van der Waals surface area contributed by atoms with Crippen molar-refractivity contribution in [1.29, 1.82) is 0 Å². The fourth-order valence-electron chi connectivity index (χ4n) is 1.43. The second-order valence-corrected chi connectivity index (χ2v) is 3.01. The van der Waals surface area contributed by atoms with E-state index in [0.717, 1.165) is 22.3 Å². The van der Waals surface area contributed by atoms with Crippen molar-refractivity contribution in [2.75, 3.05) is 0 Å². The van der Waals surface area contributed by atoms with E-state index in [4.69, 9.17) is 0 Å². The van der Waals surface area contributed by atoms with Crippen molar-refractivity contribution in [2.24, 2.45) is 0 Å². The maximum Gasteiger partial charge on any atom is 0.112 e. The molecule has 0 radical (unpaired) electrons. The van der Waals surface area contributed by atoms with Crippen molar-refractivity contribution in [2.45, 2.75) is 0 Å². The van der Waals surface area contributed by atoms with Crippen LogP contribution in [-0.4, -0.2) is 25.4 Å². The third kappa shape index (κ3) is 0.990. The molecule has 2 heterocycles. The lowest BCUT2D eigenvalue weighted by molar-refractivity contribution is 0.959. The van der Waals surface area contributed by atoms with E-state index in [1.165, 1.54) is 0 Å². The summed E-state index contributed by atoms with van der Waals surface area (Å²) in [6.07, 6.45) is 3.44. The Hall–Kier alpha value is -2.17. The second kappa shape index (κ2) is 2.66. The van der Waals surface area contributed by atoms with E-state index < -0.39 is 0 Å². The summed E-state index contributed by atoms with van der Waals surface area (Å²) < 4.78 is 0. The highest BCUT2D eigenvalue weighted by Gasteiger charge is 2.01. The normalized spacial score (nSPS) is 10.9. The standard InChI is InChI=1S/C9H7N5/c1-2-7-8(13-14-12-7)3-6(1)9-4-10-5-11-9/h1-5H,(H,10,11)(H,12,13,14). The monoisotopic (exact) mass is 185 g/mol. The van der Waals surface area contributed by atoms with Crippen LogP contribution in [-0.2, 0) is 0 Å². The Labute approximate surface area is 79.2 Å². The van der Waals surface area contributed by atoms with Crippen LogP contribution in [0.2, 0.25) is 0 Å². The predicted molar refractivity (Wildman–Crippen MR) is 51.5 cm³/mol. The van der Waals surface area contributed by atoms with Crippen LogP contribution >= 0.6 is 0 Å². The van der Waals surface area contributed by atoms with Gasteiger partial charge in [0, 0.05) is 5.56 Å². The minimum absolute atomic E-state index is 0.869. The van der Waals surface area contributed by atoms with Crippen LogP contribution in [0.15, 0.2) is 30.7 Å². The smallest absolute Gasteiger partial charge is 0.112 e. The first-order valence-electron chi connectivity index (χ1n) is 4.23. The first-order valence-corrected chi connectivity index (χ1v) is 4.23. The summed E-state index contributed by atoms with van der Waals surface area (Å²) in [5.41, 5.74) is 3.85. The molecule has 1 aromatic carbocycles. The highest BCUT2D eigenvalue weighted by atomic mass is 15.3. The lowest BCUT2D eigenvalue weighted by atomic mass is 10.1. The average Bonchev–Trinajstić information content (AvgIpc) is 2.88. The molecule has 3 rings (SSSR count). The van der Waals surface area contributed by atoms with Gasteiger partial charge in [-0.15, -0.1) is 5.10 Å². The molecule has 0 bridgehead atoms. The van der Waals surface area contributed by atoms with E-state index in [9.17, 15) is 0 Å². The summed E-state index contributed by atoms with van der Waals surface area (Å²) in [6.45, 7) is 0. The van der Waals surface area contributed by atoms with Crippen molar-refractivity contribution in [3.8, 4) is 11.3 Å². The van der Waals surface area contributed by atoms with Crippen LogP contribution in [0.25, 0.3) is 22.3 Å². The molecule has 0 aliphatic heterocycles. The zero-order valence-corrected chi connectivity index (χ0v) is 7.23. The Balaban J connectivity index is 2.23. The van der Waals surface area contributed by atoms with Crippen LogP contribution < -0.4 is 0 Å². The van der Waals surface area contributed by atoms with Crippen LogP contribution in [0, 0.1) is 0 Å². The van der Waals surface area contributed by atoms with Gasteiger partial charge in [-0.2, -0.15) is 0 Å². The number of imidazole rings is 1. The van der Waals surface area contributed by atoms with Crippen molar-refractivity contribution in [1.82, 2.24) is 25.4 Å². The molecule has 2 aromatic heterocycles. The number of aromatic amines is 2. The summed E-state index contributed by atoms with van der Waals surface area (Å²) in [6, 6.07) is 5.90. The number of rotatable bonds is 1. The van der Waals surface area contributed by atoms with E-state index in [1.807, 2.05) is 18.2 Å². The molecular formula is C9H7N5. The van der Waals surface area contributed by atoms with Gasteiger partial charge in [0.05, 0.1) is 23.7 Å². The third-order valence-electron chi connectivity index (χ3n) is 2.13. The number of hydrogen-bond acceptors (Lipinski definition) is 3. The topological polar surface area (TPSA) is 70.2 Å². The number of nitrogens with one attached hydrogen (secondary N) is 2. The molecule has 3 aromatic rings. The summed E-state index contributed by atoms with van der Waals surface area (Å²) in [7, 11) is 0. The fraction of sp³-hybridized carbons (Fsp3) is 0. The van der Waals surface area contributed by atoms with Crippen molar-refractivity contribution in [3.63, 3.8) is 0 Å². The van der Waals surface area contributed by atoms with Gasteiger partial charge in [-0.1, -0.05) is 11.3 Å². The molecule has 0 fully saturated rings. The molecule has 0 aliphatic carbocycles. The zero-order valence-electron chi connectivity index (χ0n) is 7.23. The Morgan fingerprint density at radius 3 is 3.07 bits per heavy atom. The molecule has 2 N–H and O–H groups in total. The number of aromatic nitrogens is 5. The fourth-order valence-corrected chi connectivity index (χ4v) is 1.43. The maximum atomic E-state index is 3.97. The highest BCUT2D eigenvalue weighted by molar-refractivity contribution is 5.79. The second-order valence-electron chi connectivity index (χ2n) is 3.01. The lowest BCUT2D eigenvalue weighted by Gasteiger charge is -1.95. The van der Waals surface area contributed by atoms with Gasteiger partial charge in [-0.3, -0.25) is 5.10 Å². The first kappa shape index (κ1) is 7.25. The van der Waals surface area contributed by atoms with E-state index in [1.54, 1.807) is 12.5 Å². The third-order valence-corrected chi connectivity index (χ3v) is 2.13. The van der Waals surface area contributed by atoms with Gasteiger partial charge in [-0.05, 0) is 12.1 Å². The molecule has 0 amide bonds. The number of fused-ring (bicyclic) bond motifs is 1. The minimum atomic E-state index is 0.869. The Morgan fingerprint density at radius 2 is 2.21 bits per heavy atom. The SMILES string of the molecule is c1ncc(-c2ccc3nn[nH]c3c2)[nH]1. The van der Waals surface area contributed by atoms with E-state index in [-0.39, 0.29) is 0 Å². The molecule has 5 heteroatoms. The number of benzene rings is 1. The lowest BCUT2D eigenvalue weighted by Crippen LogP contribution is -1.77. The van der Waals surface area contributed by atoms with Crippen LogP contribution in [0.4, 0.5) is 0 Å². The van der Waals surface area contributed by atoms with Crippen molar-refractivity contribution < 1.29 is 0 Å². The molecule has 0 saturated heterocycles. The molecule has 0 saturated carbocycles. The largest absolute Gasteiger partial charge is 0.345 e. The first-order chi connectivity index (χ1) is 6.93. The predicted octanol–water partition coefficient (Wildman–Crippen LogP) is 1.35. The molecule has 0 unspecified atom stereocenters. The van der Waals surface area contributed by atoms with Gasteiger partial charge in [0.15, 0.2) is 0 Å². The molecule has 5 nitrogen and oxygen atoms in total. The Morgan fingerprint density at radius 1 is 1.21 bits per heavy atom. The van der Waals surface area contributed by atoms with E-state index in [2.05, 4.69) is 25.4 Å².